The van der Waals surface area contributed by atoms with Crippen molar-refractivity contribution in [3.05, 3.63) is 30.3 Å². The first-order valence-corrected chi connectivity index (χ1v) is 6.40. The van der Waals surface area contributed by atoms with Gasteiger partial charge >= 0.3 is 0 Å². The second-order valence-electron chi connectivity index (χ2n) is 5.02. The second-order valence-corrected chi connectivity index (χ2v) is 5.02. The normalized spacial score (nSPS) is 23.2. The topological polar surface area (TPSA) is 49.4 Å². The SMILES string of the molecule is O=C(NC1CC1)[C@@H]1CC(=O)N(c2ccccc2)C1. The zero-order valence-electron chi connectivity index (χ0n) is 10.1. The van der Waals surface area contributed by atoms with E-state index in [1.165, 1.54) is 0 Å². The summed E-state index contributed by atoms with van der Waals surface area (Å²) in [5.74, 6) is -0.125. The van der Waals surface area contributed by atoms with Crippen molar-refractivity contribution >= 4 is 17.5 Å². The van der Waals surface area contributed by atoms with E-state index in [1.807, 2.05) is 30.3 Å². The average Bonchev–Trinajstić information content (AvgIpc) is 3.10. The van der Waals surface area contributed by atoms with E-state index in [0.717, 1.165) is 18.5 Å². The van der Waals surface area contributed by atoms with E-state index in [0.29, 0.717) is 19.0 Å². The van der Waals surface area contributed by atoms with Gasteiger partial charge in [0.05, 0.1) is 5.92 Å². The third kappa shape index (κ3) is 2.23. The monoisotopic (exact) mass is 244 g/mol. The first kappa shape index (κ1) is 11.3. The molecule has 4 nitrogen and oxygen atoms in total. The Kier molecular flexibility index (Phi) is 2.78. The Morgan fingerprint density at radius 2 is 1.94 bits per heavy atom. The van der Waals surface area contributed by atoms with Crippen molar-refractivity contribution in [1.29, 1.82) is 0 Å². The molecule has 1 N–H and O–H groups in total. The summed E-state index contributed by atoms with van der Waals surface area (Å²) in [5.41, 5.74) is 0.879. The quantitative estimate of drug-likeness (QED) is 0.871. The summed E-state index contributed by atoms with van der Waals surface area (Å²) in [7, 11) is 0. The van der Waals surface area contributed by atoms with Crippen molar-refractivity contribution in [1.82, 2.24) is 5.32 Å². The molecule has 1 saturated carbocycles. The van der Waals surface area contributed by atoms with E-state index in [2.05, 4.69) is 5.32 Å². The summed E-state index contributed by atoms with van der Waals surface area (Å²) in [6.07, 6.45) is 2.48. The molecular formula is C14H16N2O2. The van der Waals surface area contributed by atoms with Gasteiger partial charge in [0.25, 0.3) is 0 Å². The van der Waals surface area contributed by atoms with Crippen molar-refractivity contribution in [2.24, 2.45) is 5.92 Å². The molecule has 0 spiro atoms. The highest BCUT2D eigenvalue weighted by atomic mass is 16.2. The fraction of sp³-hybridized carbons (Fsp3) is 0.429. The van der Waals surface area contributed by atoms with Crippen LogP contribution in [0, 0.1) is 5.92 Å². The summed E-state index contributed by atoms with van der Waals surface area (Å²) < 4.78 is 0. The first-order valence-electron chi connectivity index (χ1n) is 6.40. The minimum atomic E-state index is -0.196. The number of carbonyl (C=O) groups excluding carboxylic acids is 2. The number of nitrogens with zero attached hydrogens (tertiary/aromatic N) is 1. The van der Waals surface area contributed by atoms with E-state index < -0.39 is 0 Å². The lowest BCUT2D eigenvalue weighted by Crippen LogP contribution is -2.34. The Morgan fingerprint density at radius 1 is 1.22 bits per heavy atom. The fourth-order valence-corrected chi connectivity index (χ4v) is 2.29. The number of anilines is 1. The highest BCUT2D eigenvalue weighted by Crippen LogP contribution is 2.26. The molecule has 1 aromatic rings. The van der Waals surface area contributed by atoms with Crippen LogP contribution in [-0.4, -0.2) is 24.4 Å². The van der Waals surface area contributed by atoms with E-state index in [4.69, 9.17) is 0 Å². The van der Waals surface area contributed by atoms with E-state index >= 15 is 0 Å². The molecule has 0 bridgehead atoms. The molecule has 2 amide bonds. The molecule has 0 aromatic heterocycles. The number of nitrogens with one attached hydrogen (secondary N) is 1. The molecule has 0 unspecified atom stereocenters. The third-order valence-corrected chi connectivity index (χ3v) is 3.49. The highest BCUT2D eigenvalue weighted by molar-refractivity contribution is 6.00. The van der Waals surface area contributed by atoms with Crippen LogP contribution < -0.4 is 10.2 Å². The lowest BCUT2D eigenvalue weighted by Gasteiger charge is -2.16. The highest BCUT2D eigenvalue weighted by Gasteiger charge is 2.36. The van der Waals surface area contributed by atoms with Gasteiger partial charge in [0.1, 0.15) is 0 Å². The van der Waals surface area contributed by atoms with Gasteiger partial charge in [0.2, 0.25) is 11.8 Å². The van der Waals surface area contributed by atoms with Crippen LogP contribution in [0.15, 0.2) is 30.3 Å². The fourth-order valence-electron chi connectivity index (χ4n) is 2.29. The summed E-state index contributed by atoms with van der Waals surface area (Å²) in [6.45, 7) is 0.501. The maximum absolute atomic E-state index is 11.9. The maximum atomic E-state index is 11.9. The van der Waals surface area contributed by atoms with Crippen LogP contribution in [0.5, 0.6) is 0 Å². The lowest BCUT2D eigenvalue weighted by molar-refractivity contribution is -0.126. The van der Waals surface area contributed by atoms with Gasteiger partial charge in [-0.15, -0.1) is 0 Å². The van der Waals surface area contributed by atoms with Crippen LogP contribution >= 0.6 is 0 Å². The minimum absolute atomic E-state index is 0.0317. The largest absolute Gasteiger partial charge is 0.353 e. The number of para-hydroxylation sites is 1. The maximum Gasteiger partial charge on any atom is 0.227 e. The first-order chi connectivity index (χ1) is 8.74. The van der Waals surface area contributed by atoms with Gasteiger partial charge in [-0.25, -0.2) is 0 Å². The molecule has 4 heteroatoms. The summed E-state index contributed by atoms with van der Waals surface area (Å²) >= 11 is 0. The molecule has 1 aliphatic heterocycles. The third-order valence-electron chi connectivity index (χ3n) is 3.49. The van der Waals surface area contributed by atoms with Crippen LogP contribution in [0.4, 0.5) is 5.69 Å². The summed E-state index contributed by atoms with van der Waals surface area (Å²) in [6, 6.07) is 9.89. The van der Waals surface area contributed by atoms with Gasteiger partial charge in [-0.05, 0) is 25.0 Å². The molecule has 3 rings (SSSR count). The molecule has 1 aromatic carbocycles. The lowest BCUT2D eigenvalue weighted by atomic mass is 10.1. The Bertz CT molecular complexity index is 468. The Labute approximate surface area is 106 Å². The van der Waals surface area contributed by atoms with Crippen LogP contribution in [0.2, 0.25) is 0 Å². The molecule has 1 saturated heterocycles. The zero-order valence-corrected chi connectivity index (χ0v) is 10.1. The van der Waals surface area contributed by atoms with Crippen molar-refractivity contribution < 1.29 is 9.59 Å². The van der Waals surface area contributed by atoms with Gasteiger partial charge < -0.3 is 10.2 Å². The van der Waals surface area contributed by atoms with Crippen molar-refractivity contribution in [2.45, 2.75) is 25.3 Å². The molecule has 0 radical (unpaired) electrons. The van der Waals surface area contributed by atoms with Gasteiger partial charge in [0.15, 0.2) is 0 Å². The standard InChI is InChI=1S/C14H16N2O2/c17-13-8-10(14(18)15-11-6-7-11)9-16(13)12-4-2-1-3-5-12/h1-5,10-11H,6-9H2,(H,15,18)/t10-/m1/s1. The minimum Gasteiger partial charge on any atom is -0.353 e. The molecule has 1 aliphatic carbocycles. The Morgan fingerprint density at radius 3 is 2.61 bits per heavy atom. The number of carbonyl (C=O) groups is 2. The van der Waals surface area contributed by atoms with Crippen molar-refractivity contribution in [3.63, 3.8) is 0 Å². The van der Waals surface area contributed by atoms with Crippen LogP contribution in [0.3, 0.4) is 0 Å². The number of rotatable bonds is 3. The predicted octanol–water partition coefficient (Wildman–Crippen LogP) is 1.32. The second kappa shape index (κ2) is 4.44. The predicted molar refractivity (Wildman–Crippen MR) is 68.1 cm³/mol. The van der Waals surface area contributed by atoms with Crippen LogP contribution in [0.25, 0.3) is 0 Å². The molecule has 2 fully saturated rings. The molecule has 1 atom stereocenters. The Balaban J connectivity index is 1.68. The van der Waals surface area contributed by atoms with Crippen LogP contribution in [-0.2, 0) is 9.59 Å². The number of hydrogen-bond donors (Lipinski definition) is 1. The van der Waals surface area contributed by atoms with Gasteiger partial charge in [-0.1, -0.05) is 18.2 Å². The van der Waals surface area contributed by atoms with Gasteiger partial charge in [-0.2, -0.15) is 0 Å². The number of amides is 2. The van der Waals surface area contributed by atoms with E-state index in [1.54, 1.807) is 4.90 Å². The zero-order chi connectivity index (χ0) is 12.5. The van der Waals surface area contributed by atoms with E-state index in [-0.39, 0.29) is 17.7 Å². The summed E-state index contributed by atoms with van der Waals surface area (Å²) in [4.78, 5) is 25.6. The Hall–Kier alpha value is -1.84. The smallest absolute Gasteiger partial charge is 0.227 e. The van der Waals surface area contributed by atoms with Crippen molar-refractivity contribution in [2.75, 3.05) is 11.4 Å². The number of hydrogen-bond acceptors (Lipinski definition) is 2. The van der Waals surface area contributed by atoms with Gasteiger partial charge in [0, 0.05) is 24.7 Å². The van der Waals surface area contributed by atoms with Crippen LogP contribution in [0.1, 0.15) is 19.3 Å². The molecular weight excluding hydrogens is 228 g/mol. The van der Waals surface area contributed by atoms with Crippen molar-refractivity contribution in [3.8, 4) is 0 Å². The molecule has 18 heavy (non-hydrogen) atoms. The molecule has 2 aliphatic rings. The summed E-state index contributed by atoms with van der Waals surface area (Å²) in [5, 5.41) is 2.97. The number of benzene rings is 1. The van der Waals surface area contributed by atoms with Gasteiger partial charge in [-0.3, -0.25) is 9.59 Å². The van der Waals surface area contributed by atoms with E-state index in [9.17, 15) is 9.59 Å². The molecule has 1 heterocycles. The molecule has 94 valence electrons. The average molecular weight is 244 g/mol.